The Morgan fingerprint density at radius 1 is 1.38 bits per heavy atom. The molecule has 1 atom stereocenters. The number of nitrogens with one attached hydrogen (secondary N) is 1. The van der Waals surface area contributed by atoms with Crippen LogP contribution < -0.4 is 10.4 Å². The zero-order valence-electron chi connectivity index (χ0n) is 12.9. The van der Waals surface area contributed by atoms with Crippen LogP contribution in [0, 0.1) is 0 Å². The van der Waals surface area contributed by atoms with Gasteiger partial charge in [-0.05, 0) is 18.6 Å². The number of rotatable bonds is 6. The van der Waals surface area contributed by atoms with Crippen LogP contribution >= 0.6 is 24.0 Å². The van der Waals surface area contributed by atoms with Gasteiger partial charge in [-0.3, -0.25) is 14.5 Å². The first-order valence-electron chi connectivity index (χ1n) is 7.19. The number of thioether (sulfide) groups is 1. The second-order valence-electron chi connectivity index (χ2n) is 5.10. The van der Waals surface area contributed by atoms with Gasteiger partial charge in [-0.15, -0.1) is 0 Å². The number of aliphatic carboxylic acids is 1. The summed E-state index contributed by atoms with van der Waals surface area (Å²) in [5.41, 5.74) is 0.888. The van der Waals surface area contributed by atoms with Crippen molar-refractivity contribution in [3.8, 4) is 0 Å². The number of nitrogens with zero attached hydrogens (tertiary/aromatic N) is 1. The van der Waals surface area contributed by atoms with Crippen molar-refractivity contribution in [2.75, 3.05) is 6.54 Å². The minimum atomic E-state index is -1.36. The highest BCUT2D eigenvalue weighted by atomic mass is 32.2. The number of carbonyl (C=O) groups is 3. The molecule has 1 saturated heterocycles. The molecule has 0 radical (unpaired) electrons. The molecule has 6 nitrogen and oxygen atoms in total. The summed E-state index contributed by atoms with van der Waals surface area (Å²) < 4.78 is 0.378. The summed E-state index contributed by atoms with van der Waals surface area (Å²) in [5, 5.41) is 12.9. The van der Waals surface area contributed by atoms with E-state index < -0.39 is 17.9 Å². The second kappa shape index (κ2) is 8.07. The molecule has 1 N–H and O–H groups in total. The maximum atomic E-state index is 12.4. The van der Waals surface area contributed by atoms with Gasteiger partial charge in [-0.25, -0.2) is 0 Å². The summed E-state index contributed by atoms with van der Waals surface area (Å²) in [6.07, 6.45) is 1.71. The molecular weight excluding hydrogens is 348 g/mol. The smallest absolute Gasteiger partial charge is 0.266 e. The minimum absolute atomic E-state index is 0.0390. The Labute approximate surface area is 148 Å². The molecule has 1 aromatic carbocycles. The molecule has 2 amide bonds. The van der Waals surface area contributed by atoms with E-state index in [0.29, 0.717) is 9.23 Å². The number of amides is 2. The first kappa shape index (κ1) is 18.2. The molecular formula is C16H15N2O4S2-. The third-order valence-electron chi connectivity index (χ3n) is 3.26. The Morgan fingerprint density at radius 3 is 2.67 bits per heavy atom. The van der Waals surface area contributed by atoms with E-state index in [9.17, 15) is 19.5 Å². The van der Waals surface area contributed by atoms with Crippen molar-refractivity contribution in [3.63, 3.8) is 0 Å². The van der Waals surface area contributed by atoms with E-state index in [0.717, 1.165) is 5.56 Å². The highest BCUT2D eigenvalue weighted by molar-refractivity contribution is 8.26. The standard InChI is InChI=1S/C16H16N2O4S2/c1-10(15(21)22)17-13(19)7-8-18-14(20)12(24-16(18)23)9-11-5-3-2-4-6-11/h2-6,9-10H,7-8H2,1H3,(H,17,19)(H,21,22)/p-1/b12-9+/t10-/m1/s1. The zero-order valence-corrected chi connectivity index (χ0v) is 14.5. The van der Waals surface area contributed by atoms with Crippen molar-refractivity contribution in [2.24, 2.45) is 0 Å². The molecule has 0 unspecified atom stereocenters. The molecule has 1 fully saturated rings. The molecule has 0 aliphatic carbocycles. The van der Waals surface area contributed by atoms with E-state index in [4.69, 9.17) is 12.2 Å². The van der Waals surface area contributed by atoms with Crippen LogP contribution in [0.3, 0.4) is 0 Å². The number of carbonyl (C=O) groups excluding carboxylic acids is 3. The van der Waals surface area contributed by atoms with Gasteiger partial charge in [0.15, 0.2) is 0 Å². The van der Waals surface area contributed by atoms with Gasteiger partial charge in [0, 0.05) is 13.0 Å². The number of hydrogen-bond donors (Lipinski definition) is 1. The van der Waals surface area contributed by atoms with Crippen LogP contribution in [0.5, 0.6) is 0 Å². The number of thiocarbonyl (C=S) groups is 1. The molecule has 0 bridgehead atoms. The monoisotopic (exact) mass is 363 g/mol. The molecule has 126 valence electrons. The quantitative estimate of drug-likeness (QED) is 0.586. The van der Waals surface area contributed by atoms with E-state index >= 15 is 0 Å². The minimum Gasteiger partial charge on any atom is -0.548 e. The first-order valence-corrected chi connectivity index (χ1v) is 8.41. The van der Waals surface area contributed by atoms with Gasteiger partial charge in [-0.2, -0.15) is 0 Å². The van der Waals surface area contributed by atoms with Crippen LogP contribution in [-0.2, 0) is 14.4 Å². The van der Waals surface area contributed by atoms with Crippen molar-refractivity contribution in [3.05, 3.63) is 40.8 Å². The number of hydrogen-bond acceptors (Lipinski definition) is 6. The third-order valence-corrected chi connectivity index (χ3v) is 4.64. The van der Waals surface area contributed by atoms with Crippen LogP contribution in [0.2, 0.25) is 0 Å². The number of carboxylic acids is 1. The van der Waals surface area contributed by atoms with Crippen LogP contribution in [0.4, 0.5) is 0 Å². The Kier molecular flexibility index (Phi) is 6.10. The summed E-state index contributed by atoms with van der Waals surface area (Å²) >= 11 is 6.36. The van der Waals surface area contributed by atoms with Crippen LogP contribution in [0.15, 0.2) is 35.2 Å². The molecule has 1 aliphatic heterocycles. The Balaban J connectivity index is 1.96. The van der Waals surface area contributed by atoms with E-state index in [1.807, 2.05) is 30.3 Å². The van der Waals surface area contributed by atoms with Gasteiger partial charge in [0.25, 0.3) is 5.91 Å². The molecule has 1 aliphatic rings. The van der Waals surface area contributed by atoms with E-state index in [-0.39, 0.29) is 18.9 Å². The van der Waals surface area contributed by atoms with Crippen LogP contribution in [-0.4, -0.2) is 39.6 Å². The molecule has 1 heterocycles. The van der Waals surface area contributed by atoms with Gasteiger partial charge >= 0.3 is 0 Å². The maximum Gasteiger partial charge on any atom is 0.266 e. The summed E-state index contributed by atoms with van der Waals surface area (Å²) in [6.45, 7) is 1.41. The summed E-state index contributed by atoms with van der Waals surface area (Å²) in [5.74, 6) is -2.10. The molecule has 0 spiro atoms. The molecule has 1 aromatic rings. The summed E-state index contributed by atoms with van der Waals surface area (Å²) in [7, 11) is 0. The van der Waals surface area contributed by atoms with Gasteiger partial charge in [-0.1, -0.05) is 54.3 Å². The molecule has 2 rings (SSSR count). The maximum absolute atomic E-state index is 12.4. The Hall–Kier alpha value is -2.19. The highest BCUT2D eigenvalue weighted by Gasteiger charge is 2.32. The van der Waals surface area contributed by atoms with Crippen molar-refractivity contribution < 1.29 is 19.5 Å². The predicted molar refractivity (Wildman–Crippen MR) is 93.5 cm³/mol. The zero-order chi connectivity index (χ0) is 17.7. The van der Waals surface area contributed by atoms with Crippen molar-refractivity contribution in [1.82, 2.24) is 10.2 Å². The second-order valence-corrected chi connectivity index (χ2v) is 6.78. The van der Waals surface area contributed by atoms with Gasteiger partial charge in [0.2, 0.25) is 5.91 Å². The lowest BCUT2D eigenvalue weighted by Crippen LogP contribution is -2.46. The first-order chi connectivity index (χ1) is 11.4. The average Bonchev–Trinajstić information content (AvgIpc) is 2.80. The summed E-state index contributed by atoms with van der Waals surface area (Å²) in [6, 6.07) is 8.30. The SMILES string of the molecule is C[C@@H](NC(=O)CCN1C(=O)/C(=C\c2ccccc2)SC1=S)C(=O)[O-]. The third kappa shape index (κ3) is 4.65. The van der Waals surface area contributed by atoms with Gasteiger partial charge in [0.05, 0.1) is 16.9 Å². The Bertz CT molecular complexity index is 703. The number of benzene rings is 1. The molecule has 24 heavy (non-hydrogen) atoms. The average molecular weight is 363 g/mol. The Morgan fingerprint density at radius 2 is 2.04 bits per heavy atom. The van der Waals surface area contributed by atoms with Crippen molar-refractivity contribution >= 4 is 52.2 Å². The predicted octanol–water partition coefficient (Wildman–Crippen LogP) is 0.532. The van der Waals surface area contributed by atoms with E-state index in [1.165, 1.54) is 23.6 Å². The van der Waals surface area contributed by atoms with E-state index in [1.54, 1.807) is 6.08 Å². The van der Waals surface area contributed by atoms with Gasteiger partial charge < -0.3 is 15.2 Å². The van der Waals surface area contributed by atoms with Gasteiger partial charge in [0.1, 0.15) is 4.32 Å². The number of carboxylic acid groups (broad SMARTS) is 1. The normalized spacial score (nSPS) is 17.2. The lowest BCUT2D eigenvalue weighted by Gasteiger charge is -2.17. The fraction of sp³-hybridized carbons (Fsp3) is 0.250. The van der Waals surface area contributed by atoms with Crippen LogP contribution in [0.1, 0.15) is 18.9 Å². The highest BCUT2D eigenvalue weighted by Crippen LogP contribution is 2.32. The molecule has 0 saturated carbocycles. The molecule has 8 heteroatoms. The lowest BCUT2D eigenvalue weighted by molar-refractivity contribution is -0.307. The van der Waals surface area contributed by atoms with E-state index in [2.05, 4.69) is 5.32 Å². The summed E-state index contributed by atoms with van der Waals surface area (Å²) in [4.78, 5) is 36.5. The fourth-order valence-corrected chi connectivity index (χ4v) is 3.29. The largest absolute Gasteiger partial charge is 0.548 e. The van der Waals surface area contributed by atoms with Crippen molar-refractivity contribution in [2.45, 2.75) is 19.4 Å². The molecule has 0 aromatic heterocycles. The topological polar surface area (TPSA) is 89.5 Å². The van der Waals surface area contributed by atoms with Crippen LogP contribution in [0.25, 0.3) is 6.08 Å². The lowest BCUT2D eigenvalue weighted by atomic mass is 10.2. The fourth-order valence-electron chi connectivity index (χ4n) is 1.98. The van der Waals surface area contributed by atoms with Crippen molar-refractivity contribution in [1.29, 1.82) is 0 Å².